The number of alkyl halides is 2. The molecule has 1 fully saturated rings. The number of nitrogen functional groups attached to an aromatic ring is 1. The van der Waals surface area contributed by atoms with Crippen LogP contribution in [0, 0.1) is 0 Å². The van der Waals surface area contributed by atoms with Crippen molar-refractivity contribution < 1.29 is 28.2 Å². The third-order valence-corrected chi connectivity index (χ3v) is 6.53. The number of anilines is 1. The van der Waals surface area contributed by atoms with Gasteiger partial charge in [0.15, 0.2) is 6.10 Å². The summed E-state index contributed by atoms with van der Waals surface area (Å²) in [7, 11) is 0. The van der Waals surface area contributed by atoms with Crippen LogP contribution in [0.4, 0.5) is 14.6 Å². The molecule has 38 heavy (non-hydrogen) atoms. The molecule has 1 aromatic rings. The molecule has 1 aliphatic heterocycles. The van der Waals surface area contributed by atoms with Gasteiger partial charge in [0.1, 0.15) is 18.5 Å². The summed E-state index contributed by atoms with van der Waals surface area (Å²) in [5.74, 6) is -4.43. The number of carbonyl (C=O) groups is 1. The molecular formula is C27H44ClF2N3O5. The minimum Gasteiger partial charge on any atom is -0.463 e. The molecule has 8 nitrogen and oxygen atoms in total. The van der Waals surface area contributed by atoms with Crippen LogP contribution >= 0.6 is 12.4 Å². The Bertz CT molecular complexity index is 900. The van der Waals surface area contributed by atoms with Crippen molar-refractivity contribution in [2.24, 2.45) is 0 Å². The van der Waals surface area contributed by atoms with Gasteiger partial charge in [-0.15, -0.1) is 12.4 Å². The molecule has 0 amide bonds. The molecule has 0 aliphatic carbocycles. The number of allylic oxidation sites excluding steroid dienone is 2. The fourth-order valence-corrected chi connectivity index (χ4v) is 4.30. The molecule has 218 valence electrons. The van der Waals surface area contributed by atoms with Crippen molar-refractivity contribution in [3.8, 4) is 0 Å². The number of carbonyl (C=O) groups excluding carboxylic acids is 1. The van der Waals surface area contributed by atoms with E-state index in [9.17, 15) is 23.5 Å². The normalized spacial score (nSPS) is 20.5. The quantitative estimate of drug-likeness (QED) is 0.133. The molecular weight excluding hydrogens is 520 g/mol. The molecule has 0 spiro atoms. The number of halogens is 3. The van der Waals surface area contributed by atoms with Gasteiger partial charge in [-0.3, -0.25) is 9.36 Å². The van der Waals surface area contributed by atoms with Gasteiger partial charge >= 0.3 is 17.6 Å². The number of ether oxygens (including phenoxy) is 2. The summed E-state index contributed by atoms with van der Waals surface area (Å²) in [6.45, 7) is 1.70. The van der Waals surface area contributed by atoms with Crippen molar-refractivity contribution in [1.82, 2.24) is 9.55 Å². The zero-order chi connectivity index (χ0) is 27.1. The lowest BCUT2D eigenvalue weighted by molar-refractivity contribution is -0.150. The first kappa shape index (κ1) is 34.0. The average molecular weight is 564 g/mol. The van der Waals surface area contributed by atoms with Gasteiger partial charge in [-0.05, 0) is 38.2 Å². The summed E-state index contributed by atoms with van der Waals surface area (Å²) in [6.07, 6.45) is 14.8. The van der Waals surface area contributed by atoms with Crippen LogP contribution in [0.1, 0.15) is 103 Å². The summed E-state index contributed by atoms with van der Waals surface area (Å²) < 4.78 is 39.8. The number of aliphatic hydroxyl groups is 1. The fraction of sp³-hybridized carbons (Fsp3) is 0.741. The van der Waals surface area contributed by atoms with E-state index >= 15 is 0 Å². The molecule has 0 radical (unpaired) electrons. The van der Waals surface area contributed by atoms with E-state index < -0.39 is 42.6 Å². The van der Waals surface area contributed by atoms with E-state index in [2.05, 4.69) is 24.1 Å². The highest BCUT2D eigenvalue weighted by Crippen LogP contribution is 2.42. The molecule has 0 saturated carbocycles. The number of unbranched alkanes of at least 4 members (excludes halogenated alkanes) is 11. The van der Waals surface area contributed by atoms with E-state index in [0.717, 1.165) is 44.7 Å². The number of rotatable bonds is 18. The summed E-state index contributed by atoms with van der Waals surface area (Å²) in [5, 5.41) is 9.99. The number of nitrogens with two attached hydrogens (primary N) is 1. The van der Waals surface area contributed by atoms with Crippen LogP contribution in [0.15, 0.2) is 29.2 Å². The Labute approximate surface area is 230 Å². The average Bonchev–Trinajstić information content (AvgIpc) is 3.08. The first-order chi connectivity index (χ1) is 17.8. The van der Waals surface area contributed by atoms with Crippen LogP contribution < -0.4 is 11.4 Å². The SMILES string of the molecule is CCCCCCCCC=CCCCCCCCC(=O)OCC1OC(n2ccc(N)nc2=O)C(F)(F)C1O.Cl. The van der Waals surface area contributed by atoms with E-state index in [1.807, 2.05) is 0 Å². The van der Waals surface area contributed by atoms with Crippen LogP contribution in [-0.2, 0) is 14.3 Å². The van der Waals surface area contributed by atoms with Crippen molar-refractivity contribution in [1.29, 1.82) is 0 Å². The Morgan fingerprint density at radius 2 is 1.68 bits per heavy atom. The summed E-state index contributed by atoms with van der Waals surface area (Å²) in [6, 6.07) is 1.18. The lowest BCUT2D eigenvalue weighted by Gasteiger charge is -2.20. The van der Waals surface area contributed by atoms with Gasteiger partial charge in [0.25, 0.3) is 0 Å². The lowest BCUT2D eigenvalue weighted by Crippen LogP contribution is -2.42. The molecule has 3 atom stereocenters. The maximum atomic E-state index is 14.5. The number of aliphatic hydroxyl groups excluding tert-OH is 1. The molecule has 0 bridgehead atoms. The maximum absolute atomic E-state index is 14.5. The molecule has 3 N–H and O–H groups in total. The predicted octanol–water partition coefficient (Wildman–Crippen LogP) is 5.72. The van der Waals surface area contributed by atoms with Gasteiger partial charge in [0.05, 0.1) is 0 Å². The number of nitrogens with zero attached hydrogens (tertiary/aromatic N) is 2. The smallest absolute Gasteiger partial charge is 0.351 e. The number of aromatic nitrogens is 2. The lowest BCUT2D eigenvalue weighted by atomic mass is 10.1. The molecule has 1 aliphatic rings. The van der Waals surface area contributed by atoms with E-state index in [4.69, 9.17) is 15.2 Å². The van der Waals surface area contributed by atoms with Crippen molar-refractivity contribution in [2.45, 2.75) is 121 Å². The second-order valence-electron chi connectivity index (χ2n) is 9.71. The molecule has 2 rings (SSSR count). The highest BCUT2D eigenvalue weighted by molar-refractivity contribution is 5.85. The third kappa shape index (κ3) is 11.4. The van der Waals surface area contributed by atoms with Crippen LogP contribution in [0.2, 0.25) is 0 Å². The Morgan fingerprint density at radius 3 is 2.29 bits per heavy atom. The third-order valence-electron chi connectivity index (χ3n) is 6.53. The van der Waals surface area contributed by atoms with Gasteiger partial charge in [0, 0.05) is 12.6 Å². The first-order valence-electron chi connectivity index (χ1n) is 13.6. The molecule has 0 aromatic carbocycles. The van der Waals surface area contributed by atoms with Gasteiger partial charge in [-0.25, -0.2) is 4.79 Å². The minimum atomic E-state index is -3.78. The first-order valence-corrected chi connectivity index (χ1v) is 13.6. The Hall–Kier alpha value is -2.04. The van der Waals surface area contributed by atoms with Gasteiger partial charge < -0.3 is 20.3 Å². The molecule has 3 unspecified atom stereocenters. The highest BCUT2D eigenvalue weighted by Gasteiger charge is 2.60. The zero-order valence-corrected chi connectivity index (χ0v) is 23.2. The zero-order valence-electron chi connectivity index (χ0n) is 22.4. The number of esters is 1. The fourth-order valence-electron chi connectivity index (χ4n) is 4.30. The molecule has 11 heteroatoms. The molecule has 2 heterocycles. The summed E-state index contributed by atoms with van der Waals surface area (Å²) in [4.78, 5) is 27.3. The second-order valence-corrected chi connectivity index (χ2v) is 9.71. The maximum Gasteiger partial charge on any atom is 0.351 e. The van der Waals surface area contributed by atoms with Crippen molar-refractivity contribution >= 4 is 24.2 Å². The summed E-state index contributed by atoms with van der Waals surface area (Å²) in [5.41, 5.74) is 4.35. The van der Waals surface area contributed by atoms with E-state index in [1.54, 1.807) is 0 Å². The van der Waals surface area contributed by atoms with Crippen LogP contribution in [0.25, 0.3) is 0 Å². The summed E-state index contributed by atoms with van der Waals surface area (Å²) >= 11 is 0. The Kier molecular flexibility index (Phi) is 16.4. The van der Waals surface area contributed by atoms with Crippen LogP contribution in [-0.4, -0.2) is 45.4 Å². The van der Waals surface area contributed by atoms with Crippen molar-refractivity contribution in [3.63, 3.8) is 0 Å². The molecule has 1 saturated heterocycles. The number of hydrogen-bond donors (Lipinski definition) is 2. The van der Waals surface area contributed by atoms with Crippen LogP contribution in [0.3, 0.4) is 0 Å². The van der Waals surface area contributed by atoms with Crippen molar-refractivity contribution in [2.75, 3.05) is 12.3 Å². The van der Waals surface area contributed by atoms with Crippen LogP contribution in [0.5, 0.6) is 0 Å². The number of hydrogen-bond acceptors (Lipinski definition) is 7. The van der Waals surface area contributed by atoms with Gasteiger partial charge in [-0.1, -0.05) is 70.4 Å². The van der Waals surface area contributed by atoms with E-state index in [-0.39, 0.29) is 24.6 Å². The minimum absolute atomic E-state index is 0. The van der Waals surface area contributed by atoms with E-state index in [0.29, 0.717) is 11.0 Å². The van der Waals surface area contributed by atoms with E-state index in [1.165, 1.54) is 44.6 Å². The van der Waals surface area contributed by atoms with Gasteiger partial charge in [0.2, 0.25) is 6.23 Å². The second kappa shape index (κ2) is 18.3. The predicted molar refractivity (Wildman–Crippen MR) is 145 cm³/mol. The Morgan fingerprint density at radius 1 is 1.11 bits per heavy atom. The molecule has 1 aromatic heterocycles. The largest absolute Gasteiger partial charge is 0.463 e. The highest BCUT2D eigenvalue weighted by atomic mass is 35.5. The van der Waals surface area contributed by atoms with Crippen molar-refractivity contribution in [3.05, 3.63) is 34.9 Å². The Balaban J connectivity index is 0.00000722. The van der Waals surface area contributed by atoms with Gasteiger partial charge in [-0.2, -0.15) is 13.8 Å². The topological polar surface area (TPSA) is 117 Å². The standard InChI is InChI=1S/C27H43F2N3O5.ClH/c1-2-3-4-5-6-7-8-9-10-11-12-13-14-15-16-17-23(33)36-20-21-24(34)27(28,29)25(37-21)32-19-18-22(30)31-26(32)35;/h9-10,18-19,21,24-25,34H,2-8,11-17,20H2,1H3,(H2,30,31,35);1H. The monoisotopic (exact) mass is 563 g/mol.